The van der Waals surface area contributed by atoms with Crippen LogP contribution in [0.2, 0.25) is 0 Å². The molecule has 0 bridgehead atoms. The first kappa shape index (κ1) is 19.3. The second kappa shape index (κ2) is 8.16. The molecular formula is C23H20N4O3. The Labute approximate surface area is 173 Å². The van der Waals surface area contributed by atoms with Crippen molar-refractivity contribution in [3.63, 3.8) is 0 Å². The molecule has 2 N–H and O–H groups in total. The van der Waals surface area contributed by atoms with Crippen molar-refractivity contribution < 1.29 is 14.3 Å². The van der Waals surface area contributed by atoms with E-state index in [4.69, 9.17) is 4.74 Å². The number of pyridine rings is 1. The van der Waals surface area contributed by atoms with Crippen molar-refractivity contribution in [3.8, 4) is 0 Å². The van der Waals surface area contributed by atoms with Gasteiger partial charge in [0.1, 0.15) is 17.1 Å². The molecule has 0 aliphatic carbocycles. The molecule has 2 heterocycles. The maximum absolute atomic E-state index is 13.0. The Bertz CT molecular complexity index is 1210. The molecule has 150 valence electrons. The molecule has 1 aliphatic heterocycles. The first-order chi connectivity index (χ1) is 14.6. The minimum absolute atomic E-state index is 0.114. The number of ether oxygens (including phenoxy) is 1. The van der Waals surface area contributed by atoms with Gasteiger partial charge in [0.05, 0.1) is 23.5 Å². The van der Waals surface area contributed by atoms with Crippen molar-refractivity contribution in [2.24, 2.45) is 4.99 Å². The zero-order chi connectivity index (χ0) is 21.1. The van der Waals surface area contributed by atoms with Gasteiger partial charge in [0.2, 0.25) is 0 Å². The number of hydrogen-bond donors (Lipinski definition) is 2. The van der Waals surface area contributed by atoms with Crippen molar-refractivity contribution >= 4 is 40.0 Å². The third-order valence-corrected chi connectivity index (χ3v) is 4.61. The van der Waals surface area contributed by atoms with Crippen molar-refractivity contribution in [2.75, 3.05) is 11.9 Å². The van der Waals surface area contributed by atoms with E-state index in [9.17, 15) is 9.59 Å². The number of carbonyl (C=O) groups is 2. The topological polar surface area (TPSA) is 92.7 Å². The zero-order valence-electron chi connectivity index (χ0n) is 16.6. The monoisotopic (exact) mass is 400 g/mol. The number of hydrogen-bond acceptors (Lipinski definition) is 6. The molecule has 3 aromatic rings. The number of rotatable bonds is 3. The number of anilines is 1. The minimum atomic E-state index is -0.569. The summed E-state index contributed by atoms with van der Waals surface area (Å²) in [5.74, 6) is -0.919. The van der Waals surface area contributed by atoms with Crippen molar-refractivity contribution in [1.82, 2.24) is 10.3 Å². The standard InChI is InChI=1S/C23H20N4O3/c1-3-30-23(29)20-14(2)24-17-10-6-7-11-18(17)26-21(20)27-22(28)19-13-12-15-8-4-5-9-16(15)25-19/h4-13,24H,3H2,1-2H3,(H,26,27,28). The number of aliphatic imine (C=N–C) groups is 1. The lowest BCUT2D eigenvalue weighted by atomic mass is 10.1. The van der Waals surface area contributed by atoms with Gasteiger partial charge in [-0.3, -0.25) is 4.79 Å². The molecule has 0 atom stereocenters. The Balaban J connectivity index is 1.74. The third kappa shape index (κ3) is 3.77. The SMILES string of the molecule is CCOC(=O)C1=C(C)Nc2ccccc2N=C1NC(=O)c1ccc2ccccc2n1. The zero-order valence-corrected chi connectivity index (χ0v) is 16.6. The molecule has 1 aliphatic rings. The number of allylic oxidation sites excluding steroid dienone is 1. The van der Waals surface area contributed by atoms with Gasteiger partial charge < -0.3 is 15.4 Å². The predicted octanol–water partition coefficient (Wildman–Crippen LogP) is 3.96. The number of esters is 1. The largest absolute Gasteiger partial charge is 0.462 e. The van der Waals surface area contributed by atoms with Gasteiger partial charge in [-0.15, -0.1) is 0 Å². The minimum Gasteiger partial charge on any atom is -0.462 e. The van der Waals surface area contributed by atoms with Crippen LogP contribution in [0.3, 0.4) is 0 Å². The van der Waals surface area contributed by atoms with Crippen LogP contribution >= 0.6 is 0 Å². The second-order valence-electron chi connectivity index (χ2n) is 6.67. The van der Waals surface area contributed by atoms with E-state index in [0.29, 0.717) is 16.9 Å². The molecule has 7 heteroatoms. The smallest absolute Gasteiger partial charge is 0.343 e. The highest BCUT2D eigenvalue weighted by Gasteiger charge is 2.26. The van der Waals surface area contributed by atoms with Gasteiger partial charge in [-0.2, -0.15) is 0 Å². The van der Waals surface area contributed by atoms with Crippen LogP contribution in [0.15, 0.2) is 76.9 Å². The van der Waals surface area contributed by atoms with E-state index in [1.54, 1.807) is 26.0 Å². The number of para-hydroxylation sites is 3. The Morgan fingerprint density at radius 3 is 2.63 bits per heavy atom. The number of carbonyl (C=O) groups excluding carboxylic acids is 2. The highest BCUT2D eigenvalue weighted by atomic mass is 16.5. The van der Waals surface area contributed by atoms with Crippen LogP contribution in [-0.4, -0.2) is 29.3 Å². The van der Waals surface area contributed by atoms with Gasteiger partial charge in [0, 0.05) is 11.1 Å². The van der Waals surface area contributed by atoms with Gasteiger partial charge in [0.25, 0.3) is 5.91 Å². The highest BCUT2D eigenvalue weighted by Crippen LogP contribution is 2.30. The fourth-order valence-electron chi connectivity index (χ4n) is 3.20. The summed E-state index contributed by atoms with van der Waals surface area (Å²) < 4.78 is 5.20. The molecule has 1 aromatic heterocycles. The second-order valence-corrected chi connectivity index (χ2v) is 6.67. The average Bonchev–Trinajstić information content (AvgIpc) is 2.88. The van der Waals surface area contributed by atoms with Crippen LogP contribution in [0.4, 0.5) is 11.4 Å². The average molecular weight is 400 g/mol. The summed E-state index contributed by atoms with van der Waals surface area (Å²) in [5.41, 5.74) is 2.95. The quantitative estimate of drug-likeness (QED) is 0.649. The Kier molecular flexibility index (Phi) is 5.26. The number of aromatic nitrogens is 1. The van der Waals surface area contributed by atoms with Gasteiger partial charge in [0.15, 0.2) is 0 Å². The Hall–Kier alpha value is -4.00. The first-order valence-electron chi connectivity index (χ1n) is 9.57. The lowest BCUT2D eigenvalue weighted by molar-refractivity contribution is -0.137. The molecule has 1 amide bonds. The number of benzene rings is 2. The number of fused-ring (bicyclic) bond motifs is 2. The van der Waals surface area contributed by atoms with E-state index in [0.717, 1.165) is 11.1 Å². The van der Waals surface area contributed by atoms with E-state index in [2.05, 4.69) is 20.6 Å². The number of nitrogens with zero attached hydrogens (tertiary/aromatic N) is 2. The summed E-state index contributed by atoms with van der Waals surface area (Å²) in [4.78, 5) is 34.6. The maximum atomic E-state index is 13.0. The predicted molar refractivity (Wildman–Crippen MR) is 116 cm³/mol. The van der Waals surface area contributed by atoms with E-state index < -0.39 is 11.9 Å². The van der Waals surface area contributed by atoms with Crippen LogP contribution in [0, 0.1) is 0 Å². The van der Waals surface area contributed by atoms with Crippen LogP contribution < -0.4 is 10.6 Å². The van der Waals surface area contributed by atoms with Crippen molar-refractivity contribution in [3.05, 3.63) is 77.6 Å². The fraction of sp³-hybridized carbons (Fsp3) is 0.130. The lowest BCUT2D eigenvalue weighted by Gasteiger charge is -2.13. The Morgan fingerprint density at radius 1 is 1.03 bits per heavy atom. The normalized spacial score (nSPS) is 13.1. The van der Waals surface area contributed by atoms with E-state index in [1.807, 2.05) is 48.5 Å². The highest BCUT2D eigenvalue weighted by molar-refractivity contribution is 6.25. The van der Waals surface area contributed by atoms with E-state index in [1.165, 1.54) is 0 Å². The molecule has 0 unspecified atom stereocenters. The summed E-state index contributed by atoms with van der Waals surface area (Å²) in [6, 6.07) is 18.3. The van der Waals surface area contributed by atoms with E-state index >= 15 is 0 Å². The fourth-order valence-corrected chi connectivity index (χ4v) is 3.20. The molecule has 30 heavy (non-hydrogen) atoms. The number of amidine groups is 1. The van der Waals surface area contributed by atoms with Crippen LogP contribution in [0.25, 0.3) is 10.9 Å². The van der Waals surface area contributed by atoms with Crippen LogP contribution in [-0.2, 0) is 9.53 Å². The molecule has 7 nitrogen and oxygen atoms in total. The van der Waals surface area contributed by atoms with Crippen molar-refractivity contribution in [1.29, 1.82) is 0 Å². The summed E-state index contributed by atoms with van der Waals surface area (Å²) in [5, 5.41) is 6.86. The summed E-state index contributed by atoms with van der Waals surface area (Å²) in [7, 11) is 0. The van der Waals surface area contributed by atoms with Gasteiger partial charge in [-0.25, -0.2) is 14.8 Å². The molecular weight excluding hydrogens is 380 g/mol. The van der Waals surface area contributed by atoms with Gasteiger partial charge in [-0.1, -0.05) is 36.4 Å². The Morgan fingerprint density at radius 2 is 1.80 bits per heavy atom. The van der Waals surface area contributed by atoms with E-state index in [-0.39, 0.29) is 23.7 Å². The van der Waals surface area contributed by atoms with Crippen molar-refractivity contribution in [2.45, 2.75) is 13.8 Å². The molecule has 0 radical (unpaired) electrons. The summed E-state index contributed by atoms with van der Waals surface area (Å²) in [6.45, 7) is 3.67. The number of amides is 1. The maximum Gasteiger partial charge on any atom is 0.343 e. The molecule has 4 rings (SSSR count). The van der Waals surface area contributed by atoms with Gasteiger partial charge >= 0.3 is 5.97 Å². The van der Waals surface area contributed by atoms with Crippen LogP contribution in [0.1, 0.15) is 24.3 Å². The number of nitrogens with one attached hydrogen (secondary N) is 2. The summed E-state index contributed by atoms with van der Waals surface area (Å²) >= 11 is 0. The lowest BCUT2D eigenvalue weighted by Crippen LogP contribution is -2.35. The first-order valence-corrected chi connectivity index (χ1v) is 9.57. The molecule has 2 aromatic carbocycles. The van der Waals surface area contributed by atoms with Gasteiger partial charge in [-0.05, 0) is 38.1 Å². The molecule has 0 saturated heterocycles. The molecule has 0 fully saturated rings. The van der Waals surface area contributed by atoms with Crippen LogP contribution in [0.5, 0.6) is 0 Å². The molecule has 0 spiro atoms. The third-order valence-electron chi connectivity index (χ3n) is 4.61. The molecule has 0 saturated carbocycles. The summed E-state index contributed by atoms with van der Waals surface area (Å²) in [6.07, 6.45) is 0.